The molecule has 0 aliphatic carbocycles. The fraction of sp³-hybridized carbons (Fsp3) is 0.500. The second-order valence-corrected chi connectivity index (χ2v) is 6.03. The second kappa shape index (κ2) is 5.48. The summed E-state index contributed by atoms with van der Waals surface area (Å²) in [7, 11) is 0. The molecule has 0 unspecified atom stereocenters. The van der Waals surface area contributed by atoms with Crippen LogP contribution in [0.15, 0.2) is 23.0 Å². The summed E-state index contributed by atoms with van der Waals surface area (Å²) in [6.07, 6.45) is 1.85. The Morgan fingerprint density at radius 3 is 3.00 bits per heavy atom. The number of carboxylic acid groups (broad SMARTS) is 1. The van der Waals surface area contributed by atoms with E-state index in [1.807, 2.05) is 21.6 Å². The van der Waals surface area contributed by atoms with Crippen molar-refractivity contribution in [2.45, 2.75) is 18.9 Å². The van der Waals surface area contributed by atoms with Gasteiger partial charge in [-0.2, -0.15) is 0 Å². The van der Waals surface area contributed by atoms with Crippen LogP contribution in [0.4, 0.5) is 0 Å². The van der Waals surface area contributed by atoms with Gasteiger partial charge >= 0.3 is 5.97 Å². The van der Waals surface area contributed by atoms with Crippen molar-refractivity contribution in [1.82, 2.24) is 14.8 Å². The van der Waals surface area contributed by atoms with E-state index in [1.54, 1.807) is 6.07 Å². The first kappa shape index (κ1) is 14.1. The maximum atomic E-state index is 12.1. The molecule has 3 rings (SSSR count). The van der Waals surface area contributed by atoms with Crippen LogP contribution < -0.4 is 10.9 Å². The van der Waals surface area contributed by atoms with Gasteiger partial charge in [0.15, 0.2) is 5.11 Å². The normalized spacial score (nSPS) is 23.3. The fourth-order valence-electron chi connectivity index (χ4n) is 3.36. The van der Waals surface area contributed by atoms with Gasteiger partial charge in [0.05, 0.1) is 6.04 Å². The maximum Gasteiger partial charge on any atom is 0.322 e. The number of fused-ring (bicyclic) bond motifs is 4. The monoisotopic (exact) mass is 307 g/mol. The highest BCUT2D eigenvalue weighted by Crippen LogP contribution is 2.32. The summed E-state index contributed by atoms with van der Waals surface area (Å²) >= 11 is 5.27. The van der Waals surface area contributed by atoms with Crippen LogP contribution in [0.1, 0.15) is 18.2 Å². The molecule has 21 heavy (non-hydrogen) atoms. The van der Waals surface area contributed by atoms with E-state index < -0.39 is 5.97 Å². The Bertz CT molecular complexity index is 643. The van der Waals surface area contributed by atoms with Gasteiger partial charge in [-0.15, -0.1) is 0 Å². The van der Waals surface area contributed by atoms with Gasteiger partial charge in [-0.05, 0) is 37.0 Å². The number of hydrogen-bond acceptors (Lipinski definition) is 3. The molecule has 0 saturated carbocycles. The van der Waals surface area contributed by atoms with Crippen molar-refractivity contribution >= 4 is 23.3 Å². The first-order chi connectivity index (χ1) is 10.0. The summed E-state index contributed by atoms with van der Waals surface area (Å²) in [4.78, 5) is 24.7. The zero-order chi connectivity index (χ0) is 15.0. The highest BCUT2D eigenvalue weighted by molar-refractivity contribution is 7.80. The van der Waals surface area contributed by atoms with Crippen molar-refractivity contribution < 1.29 is 9.90 Å². The fourth-order valence-corrected chi connectivity index (χ4v) is 3.58. The molecule has 2 bridgehead atoms. The average molecular weight is 307 g/mol. The molecule has 0 amide bonds. The van der Waals surface area contributed by atoms with Gasteiger partial charge in [-0.3, -0.25) is 9.59 Å². The minimum Gasteiger partial charge on any atom is -0.480 e. The van der Waals surface area contributed by atoms with Gasteiger partial charge in [0.1, 0.15) is 6.54 Å². The summed E-state index contributed by atoms with van der Waals surface area (Å²) in [5, 5.41) is 11.9. The molecule has 7 heteroatoms. The van der Waals surface area contributed by atoms with E-state index in [1.165, 1.54) is 0 Å². The summed E-state index contributed by atoms with van der Waals surface area (Å²) < 4.78 is 1.86. The zero-order valence-corrected chi connectivity index (χ0v) is 12.3. The lowest BCUT2D eigenvalue weighted by atomic mass is 9.86. The van der Waals surface area contributed by atoms with Crippen LogP contribution >= 0.6 is 12.2 Å². The Balaban J connectivity index is 1.78. The summed E-state index contributed by atoms with van der Waals surface area (Å²) in [6, 6.07) is 5.53. The summed E-state index contributed by atoms with van der Waals surface area (Å²) in [6.45, 7) is 1.28. The number of carboxylic acids is 1. The number of hydrogen-bond donors (Lipinski definition) is 2. The number of piperidine rings is 1. The number of aromatic nitrogens is 1. The Morgan fingerprint density at radius 1 is 1.43 bits per heavy atom. The average Bonchev–Trinajstić information content (AvgIpc) is 2.44. The van der Waals surface area contributed by atoms with E-state index in [4.69, 9.17) is 17.3 Å². The van der Waals surface area contributed by atoms with Crippen molar-refractivity contribution in [3.63, 3.8) is 0 Å². The van der Waals surface area contributed by atoms with Crippen LogP contribution in [0, 0.1) is 5.92 Å². The summed E-state index contributed by atoms with van der Waals surface area (Å²) in [5.74, 6) is -0.480. The van der Waals surface area contributed by atoms with Gasteiger partial charge in [-0.1, -0.05) is 6.07 Å². The topological polar surface area (TPSA) is 74.6 Å². The molecule has 1 aromatic rings. The van der Waals surface area contributed by atoms with E-state index in [0.717, 1.165) is 25.1 Å². The van der Waals surface area contributed by atoms with Crippen LogP contribution in [0.2, 0.25) is 0 Å². The first-order valence-electron chi connectivity index (χ1n) is 6.99. The lowest BCUT2D eigenvalue weighted by molar-refractivity contribution is -0.135. The van der Waals surface area contributed by atoms with E-state index >= 15 is 0 Å². The third-order valence-corrected chi connectivity index (χ3v) is 4.53. The third-order valence-electron chi connectivity index (χ3n) is 4.13. The predicted molar refractivity (Wildman–Crippen MR) is 81.4 cm³/mol. The van der Waals surface area contributed by atoms with Crippen molar-refractivity contribution in [2.24, 2.45) is 5.92 Å². The van der Waals surface area contributed by atoms with Gasteiger partial charge in [0, 0.05) is 24.8 Å². The molecule has 1 fully saturated rings. The van der Waals surface area contributed by atoms with E-state index in [0.29, 0.717) is 17.6 Å². The molecule has 3 heterocycles. The van der Waals surface area contributed by atoms with E-state index in [-0.39, 0.29) is 18.1 Å². The van der Waals surface area contributed by atoms with Crippen LogP contribution in [0.25, 0.3) is 0 Å². The number of nitrogens with zero attached hydrogens (tertiary/aromatic N) is 2. The lowest BCUT2D eigenvalue weighted by Gasteiger charge is -2.44. The Hall–Kier alpha value is -1.89. The molecule has 2 aliphatic rings. The van der Waals surface area contributed by atoms with Crippen LogP contribution in [0.3, 0.4) is 0 Å². The van der Waals surface area contributed by atoms with Gasteiger partial charge in [-0.25, -0.2) is 0 Å². The minimum absolute atomic E-state index is 0.0298. The number of aliphatic carboxylic acids is 1. The Morgan fingerprint density at radius 2 is 2.24 bits per heavy atom. The lowest BCUT2D eigenvalue weighted by Crippen LogP contribution is -2.53. The molecule has 112 valence electrons. The zero-order valence-electron chi connectivity index (χ0n) is 11.5. The molecule has 2 atom stereocenters. The SMILES string of the molecule is O=C(O)CNC(=S)N1C[C@@H]2Cc3cccc(=O)n3[C@@H](C2)C1. The highest BCUT2D eigenvalue weighted by atomic mass is 32.1. The standard InChI is InChI=1S/C14H17N3O3S/c18-12-3-1-2-10-4-9-5-11(17(10)12)8-16(7-9)14(21)15-6-13(19)20/h1-3,9,11H,4-8H2,(H,15,21)(H,19,20)/t9-,11+/m1/s1. The van der Waals surface area contributed by atoms with Crippen LogP contribution in [0.5, 0.6) is 0 Å². The molecule has 1 saturated heterocycles. The molecule has 0 aromatic carbocycles. The smallest absolute Gasteiger partial charge is 0.322 e. The number of carbonyl (C=O) groups is 1. The summed E-state index contributed by atoms with van der Waals surface area (Å²) in [5.41, 5.74) is 1.12. The van der Waals surface area contributed by atoms with Gasteiger partial charge < -0.3 is 19.9 Å². The molecule has 6 nitrogen and oxygen atoms in total. The third kappa shape index (κ3) is 2.78. The Kier molecular flexibility index (Phi) is 3.67. The number of rotatable bonds is 2. The molecule has 0 spiro atoms. The first-order valence-corrected chi connectivity index (χ1v) is 7.40. The number of nitrogens with one attached hydrogen (secondary N) is 1. The molecule has 1 aromatic heterocycles. The van der Waals surface area contributed by atoms with Crippen LogP contribution in [-0.4, -0.2) is 45.3 Å². The molecule has 2 N–H and O–H groups in total. The predicted octanol–water partition coefficient (Wildman–Crippen LogP) is 0.226. The molecule has 2 aliphatic heterocycles. The molecular weight excluding hydrogens is 290 g/mol. The van der Waals surface area contributed by atoms with Crippen molar-refractivity contribution in [1.29, 1.82) is 0 Å². The highest BCUT2D eigenvalue weighted by Gasteiger charge is 2.35. The Labute approximate surface area is 127 Å². The van der Waals surface area contributed by atoms with Crippen molar-refractivity contribution in [3.05, 3.63) is 34.2 Å². The number of pyridine rings is 1. The quantitative estimate of drug-likeness (QED) is 0.762. The number of likely N-dealkylation sites (tertiary alicyclic amines) is 1. The van der Waals surface area contributed by atoms with E-state index in [9.17, 15) is 9.59 Å². The number of thiocarbonyl (C=S) groups is 1. The van der Waals surface area contributed by atoms with Crippen molar-refractivity contribution in [3.8, 4) is 0 Å². The minimum atomic E-state index is -0.934. The van der Waals surface area contributed by atoms with Gasteiger partial charge in [0.2, 0.25) is 0 Å². The van der Waals surface area contributed by atoms with Crippen LogP contribution in [-0.2, 0) is 11.2 Å². The van der Waals surface area contributed by atoms with E-state index in [2.05, 4.69) is 5.32 Å². The molecular formula is C14H17N3O3S. The van der Waals surface area contributed by atoms with Gasteiger partial charge in [0.25, 0.3) is 5.56 Å². The van der Waals surface area contributed by atoms with Crippen molar-refractivity contribution in [2.75, 3.05) is 19.6 Å². The second-order valence-electron chi connectivity index (χ2n) is 5.64. The largest absolute Gasteiger partial charge is 0.480 e. The molecule has 0 radical (unpaired) electrons. The maximum absolute atomic E-state index is 12.1.